The van der Waals surface area contributed by atoms with Gasteiger partial charge >= 0.3 is 23.9 Å². The first-order valence-corrected chi connectivity index (χ1v) is 7.68. The summed E-state index contributed by atoms with van der Waals surface area (Å²) in [4.78, 5) is 44.9. The molecular formula is C14H36N5O10+3. The average molecular weight is 434 g/mol. The minimum atomic E-state index is -1.14. The first kappa shape index (κ1) is 34.1. The molecule has 0 spiro atoms. The highest BCUT2D eigenvalue weighted by Crippen LogP contribution is 1.92. The van der Waals surface area contributed by atoms with Gasteiger partial charge in [-0.15, -0.1) is 0 Å². The van der Waals surface area contributed by atoms with Gasteiger partial charge in [0.2, 0.25) is 0 Å². The van der Waals surface area contributed by atoms with Crippen LogP contribution < -0.4 is 18.5 Å². The molecule has 0 saturated heterocycles. The Kier molecular flexibility index (Phi) is 23.9. The normalized spacial score (nSPS) is 9.86. The van der Waals surface area contributed by atoms with Gasteiger partial charge in [0.25, 0.3) is 0 Å². The standard InChI is InChI=1S/C14H24N2O10.3H3N/c17-11(18)7-15(8-12(19)20)1-3-25-5-6-26-4-2-16(9-13(21)22)10-14(23)24;;;/h1-10H2,(H,17,18)(H,19,20)(H,21,22)(H,23,24);3*1H3/p+3. The second kappa shape index (κ2) is 20.3. The number of carboxylic acid groups (broad SMARTS) is 4. The quantitative estimate of drug-likeness (QED) is 0.137. The maximum Gasteiger partial charge on any atom is 0.317 e. The Hall–Kier alpha value is -2.40. The predicted molar refractivity (Wildman–Crippen MR) is 103 cm³/mol. The lowest BCUT2D eigenvalue weighted by molar-refractivity contribution is -0.144. The molecule has 0 aliphatic heterocycles. The summed E-state index contributed by atoms with van der Waals surface area (Å²) in [5.74, 6) is -4.55. The highest BCUT2D eigenvalue weighted by atomic mass is 16.5. The summed E-state index contributed by atoms with van der Waals surface area (Å²) in [6, 6.07) is 0. The Balaban J connectivity index is -0.00000104. The van der Waals surface area contributed by atoms with Crippen LogP contribution in [0.4, 0.5) is 0 Å². The highest BCUT2D eigenvalue weighted by Gasteiger charge is 2.14. The van der Waals surface area contributed by atoms with Gasteiger partial charge in [-0.25, -0.2) is 0 Å². The van der Waals surface area contributed by atoms with Gasteiger partial charge in [-0.05, 0) is 0 Å². The molecule has 0 aromatic carbocycles. The van der Waals surface area contributed by atoms with Gasteiger partial charge in [0.15, 0.2) is 0 Å². The molecule has 0 aliphatic rings. The van der Waals surface area contributed by atoms with E-state index in [9.17, 15) is 19.2 Å². The first-order chi connectivity index (χ1) is 12.2. The lowest BCUT2D eigenvalue weighted by Gasteiger charge is -2.18. The van der Waals surface area contributed by atoms with Crippen LogP contribution in [0.15, 0.2) is 0 Å². The van der Waals surface area contributed by atoms with E-state index < -0.39 is 50.1 Å². The van der Waals surface area contributed by atoms with E-state index in [1.54, 1.807) is 0 Å². The summed E-state index contributed by atoms with van der Waals surface area (Å²) in [5.41, 5.74) is 0. The molecule has 0 aromatic heterocycles. The Bertz CT molecular complexity index is 406. The summed E-state index contributed by atoms with van der Waals surface area (Å²) < 4.78 is 10.4. The van der Waals surface area contributed by atoms with Gasteiger partial charge in [0.05, 0.1) is 52.6 Å². The lowest BCUT2D eigenvalue weighted by atomic mass is 10.4. The Morgan fingerprint density at radius 1 is 0.517 bits per heavy atom. The zero-order valence-electron chi connectivity index (χ0n) is 17.2. The zero-order chi connectivity index (χ0) is 19.9. The maximum absolute atomic E-state index is 10.6. The van der Waals surface area contributed by atoms with Gasteiger partial charge in [-0.1, -0.05) is 0 Å². The van der Waals surface area contributed by atoms with Crippen molar-refractivity contribution < 1.29 is 49.1 Å². The Labute approximate surface area is 167 Å². The number of hydrogen-bond acceptors (Lipinski definition) is 8. The van der Waals surface area contributed by atoms with Gasteiger partial charge in [0.1, 0.15) is 0 Å². The van der Waals surface area contributed by atoms with Crippen LogP contribution in [0.3, 0.4) is 0 Å². The number of carbonyl (C=O) groups is 4. The fraction of sp³-hybridized carbons (Fsp3) is 0.714. The molecule has 0 atom stereocenters. The highest BCUT2D eigenvalue weighted by molar-refractivity contribution is 5.73. The number of quaternary nitrogens is 3. The molecule has 174 valence electrons. The van der Waals surface area contributed by atoms with Gasteiger partial charge in [-0.2, -0.15) is 0 Å². The molecule has 16 N–H and O–H groups in total. The summed E-state index contributed by atoms with van der Waals surface area (Å²) in [5, 5.41) is 34.7. The molecule has 29 heavy (non-hydrogen) atoms. The fourth-order valence-electron chi connectivity index (χ4n) is 1.90. The van der Waals surface area contributed by atoms with Crippen molar-refractivity contribution in [2.24, 2.45) is 0 Å². The van der Waals surface area contributed by atoms with E-state index in [2.05, 4.69) is 0 Å². The molecule has 0 heterocycles. The van der Waals surface area contributed by atoms with Gasteiger partial charge in [0, 0.05) is 13.1 Å². The SMILES string of the molecule is O=C(O)CN(CCOCCOCCN(CC(=O)O)CC(=O)O)CC(=O)O.[NH4+].[NH4+].[NH4+]. The molecule has 15 nitrogen and oxygen atoms in total. The molecule has 0 bridgehead atoms. The molecule has 0 aromatic rings. The predicted octanol–water partition coefficient (Wildman–Crippen LogP) is -0.909. The molecule has 0 aliphatic carbocycles. The monoisotopic (exact) mass is 434 g/mol. The van der Waals surface area contributed by atoms with Crippen molar-refractivity contribution in [3.05, 3.63) is 0 Å². The largest absolute Gasteiger partial charge is 0.480 e. The topological polar surface area (TPSA) is 284 Å². The second-order valence-corrected chi connectivity index (χ2v) is 5.22. The zero-order valence-corrected chi connectivity index (χ0v) is 17.2. The van der Waals surface area contributed by atoms with Crippen molar-refractivity contribution in [2.45, 2.75) is 0 Å². The van der Waals surface area contributed by atoms with Crippen LogP contribution in [0.1, 0.15) is 0 Å². The van der Waals surface area contributed by atoms with Crippen molar-refractivity contribution in [1.29, 1.82) is 0 Å². The van der Waals surface area contributed by atoms with Crippen LogP contribution in [-0.4, -0.2) is 120 Å². The third kappa shape index (κ3) is 23.6. The fourth-order valence-corrected chi connectivity index (χ4v) is 1.90. The third-order valence-corrected chi connectivity index (χ3v) is 2.91. The average Bonchev–Trinajstić information content (AvgIpc) is 2.47. The Morgan fingerprint density at radius 3 is 0.966 bits per heavy atom. The molecule has 0 rings (SSSR count). The van der Waals surface area contributed by atoms with Crippen molar-refractivity contribution in [2.75, 3.05) is 65.7 Å². The van der Waals surface area contributed by atoms with E-state index in [-0.39, 0.29) is 58.0 Å². The number of hydrogen-bond donors (Lipinski definition) is 7. The van der Waals surface area contributed by atoms with Crippen LogP contribution in [0.2, 0.25) is 0 Å². The van der Waals surface area contributed by atoms with E-state index in [0.717, 1.165) is 0 Å². The molecule has 0 radical (unpaired) electrons. The van der Waals surface area contributed by atoms with E-state index in [0.29, 0.717) is 0 Å². The lowest BCUT2D eigenvalue weighted by Crippen LogP contribution is -2.37. The number of carboxylic acids is 4. The van der Waals surface area contributed by atoms with Crippen LogP contribution in [0.25, 0.3) is 0 Å². The van der Waals surface area contributed by atoms with E-state index in [1.807, 2.05) is 0 Å². The van der Waals surface area contributed by atoms with Crippen molar-refractivity contribution in [3.8, 4) is 0 Å². The van der Waals surface area contributed by atoms with Gasteiger partial charge in [-0.3, -0.25) is 29.0 Å². The minimum absolute atomic E-state index is 0. The molecule has 0 saturated carbocycles. The number of aliphatic carboxylic acids is 4. The van der Waals surface area contributed by atoms with E-state index in [4.69, 9.17) is 29.9 Å². The third-order valence-electron chi connectivity index (χ3n) is 2.91. The van der Waals surface area contributed by atoms with Crippen LogP contribution in [0.5, 0.6) is 0 Å². The van der Waals surface area contributed by atoms with Crippen LogP contribution in [0, 0.1) is 0 Å². The number of ether oxygens (including phenoxy) is 2. The van der Waals surface area contributed by atoms with E-state index >= 15 is 0 Å². The van der Waals surface area contributed by atoms with Gasteiger partial charge < -0.3 is 48.4 Å². The van der Waals surface area contributed by atoms with Crippen molar-refractivity contribution in [3.63, 3.8) is 0 Å². The Morgan fingerprint density at radius 2 is 0.759 bits per heavy atom. The second-order valence-electron chi connectivity index (χ2n) is 5.22. The minimum Gasteiger partial charge on any atom is -0.480 e. The molecular weight excluding hydrogens is 398 g/mol. The first-order valence-electron chi connectivity index (χ1n) is 7.68. The maximum atomic E-state index is 10.6. The van der Waals surface area contributed by atoms with Crippen molar-refractivity contribution >= 4 is 23.9 Å². The molecule has 0 unspecified atom stereocenters. The summed E-state index contributed by atoms with van der Waals surface area (Å²) >= 11 is 0. The van der Waals surface area contributed by atoms with Crippen molar-refractivity contribution in [1.82, 2.24) is 28.3 Å². The van der Waals surface area contributed by atoms with E-state index in [1.165, 1.54) is 9.80 Å². The molecule has 15 heteroatoms. The smallest absolute Gasteiger partial charge is 0.317 e. The molecule has 0 amide bonds. The summed E-state index contributed by atoms with van der Waals surface area (Å²) in [6.45, 7) is -0.790. The molecule has 0 fully saturated rings. The number of rotatable bonds is 17. The summed E-state index contributed by atoms with van der Waals surface area (Å²) in [7, 11) is 0. The summed E-state index contributed by atoms with van der Waals surface area (Å²) in [6.07, 6.45) is 0. The van der Waals surface area contributed by atoms with Crippen LogP contribution in [-0.2, 0) is 28.7 Å². The van der Waals surface area contributed by atoms with Crippen LogP contribution >= 0.6 is 0 Å². The number of nitrogens with zero attached hydrogens (tertiary/aromatic N) is 2.